The summed E-state index contributed by atoms with van der Waals surface area (Å²) >= 11 is 5.94. The summed E-state index contributed by atoms with van der Waals surface area (Å²) in [5.41, 5.74) is 2.92. The predicted octanol–water partition coefficient (Wildman–Crippen LogP) is 4.32. The molecule has 0 N–H and O–H groups in total. The van der Waals surface area contributed by atoms with Crippen molar-refractivity contribution >= 4 is 28.4 Å². The van der Waals surface area contributed by atoms with Gasteiger partial charge in [-0.2, -0.15) is 0 Å². The van der Waals surface area contributed by atoms with Crippen molar-refractivity contribution in [3.05, 3.63) is 64.9 Å². The van der Waals surface area contributed by atoms with E-state index in [-0.39, 0.29) is 11.7 Å². The lowest BCUT2D eigenvalue weighted by atomic mass is 9.90. The van der Waals surface area contributed by atoms with Crippen molar-refractivity contribution in [1.82, 2.24) is 14.5 Å². The summed E-state index contributed by atoms with van der Waals surface area (Å²) in [6, 6.07) is 15.4. The summed E-state index contributed by atoms with van der Waals surface area (Å²) in [7, 11) is 2.06. The van der Waals surface area contributed by atoms with Crippen molar-refractivity contribution in [2.45, 2.75) is 19.4 Å². The molecule has 0 aliphatic carbocycles. The highest BCUT2D eigenvalue weighted by Gasteiger charge is 2.27. The molecule has 1 saturated heterocycles. The Balaban J connectivity index is 1.48. The average Bonchev–Trinajstić information content (AvgIpc) is 2.98. The molecular formula is C21H22ClN3O. The first-order valence-corrected chi connectivity index (χ1v) is 9.42. The molecule has 1 atom stereocenters. The molecule has 0 radical (unpaired) electrons. The van der Waals surface area contributed by atoms with E-state index in [0.29, 0.717) is 5.02 Å². The Bertz CT molecular complexity index is 932. The van der Waals surface area contributed by atoms with Gasteiger partial charge in [-0.05, 0) is 55.8 Å². The third-order valence-corrected chi connectivity index (χ3v) is 5.50. The molecule has 3 aromatic rings. The number of benzene rings is 2. The molecule has 4 nitrogen and oxygen atoms in total. The summed E-state index contributed by atoms with van der Waals surface area (Å²) in [6.07, 6.45) is 1.98. The quantitative estimate of drug-likeness (QED) is 0.644. The van der Waals surface area contributed by atoms with Gasteiger partial charge in [-0.1, -0.05) is 23.7 Å². The molecule has 0 amide bonds. The number of rotatable bonds is 4. The van der Waals surface area contributed by atoms with Gasteiger partial charge >= 0.3 is 0 Å². The summed E-state index contributed by atoms with van der Waals surface area (Å²) in [5, 5.41) is 0.661. The molecule has 0 saturated carbocycles. The Labute approximate surface area is 158 Å². The fraction of sp³-hybridized carbons (Fsp3) is 0.333. The van der Waals surface area contributed by atoms with E-state index in [2.05, 4.69) is 22.6 Å². The van der Waals surface area contributed by atoms with Crippen LogP contribution in [0.1, 0.15) is 29.0 Å². The van der Waals surface area contributed by atoms with Gasteiger partial charge in [0.1, 0.15) is 5.82 Å². The number of aryl methyl sites for hydroxylation is 1. The molecule has 2 aromatic carbocycles. The maximum atomic E-state index is 12.8. The summed E-state index contributed by atoms with van der Waals surface area (Å²) in [4.78, 5) is 19.9. The second kappa shape index (κ2) is 7.22. The third kappa shape index (κ3) is 3.39. The second-order valence-electron chi connectivity index (χ2n) is 7.02. The van der Waals surface area contributed by atoms with Crippen molar-refractivity contribution in [1.29, 1.82) is 0 Å². The molecule has 134 valence electrons. The monoisotopic (exact) mass is 367 g/mol. The van der Waals surface area contributed by atoms with Gasteiger partial charge in [-0.15, -0.1) is 0 Å². The maximum absolute atomic E-state index is 12.8. The van der Waals surface area contributed by atoms with Crippen molar-refractivity contribution in [2.24, 2.45) is 13.0 Å². The molecule has 5 heteroatoms. The van der Waals surface area contributed by atoms with Crippen molar-refractivity contribution in [3.63, 3.8) is 0 Å². The van der Waals surface area contributed by atoms with Crippen LogP contribution in [0.4, 0.5) is 0 Å². The normalized spacial score (nSPS) is 18.3. The zero-order valence-electron chi connectivity index (χ0n) is 14.9. The lowest BCUT2D eigenvalue weighted by Crippen LogP contribution is -2.38. The zero-order valence-corrected chi connectivity index (χ0v) is 15.6. The van der Waals surface area contributed by atoms with E-state index in [9.17, 15) is 4.79 Å². The van der Waals surface area contributed by atoms with E-state index in [4.69, 9.17) is 16.6 Å². The van der Waals surface area contributed by atoms with Gasteiger partial charge in [0, 0.05) is 30.1 Å². The number of nitrogens with zero attached hydrogens (tertiary/aromatic N) is 3. The topological polar surface area (TPSA) is 38.1 Å². The van der Waals surface area contributed by atoms with Gasteiger partial charge in [0.25, 0.3) is 0 Å². The number of imidazole rings is 1. The number of piperidine rings is 1. The molecule has 0 bridgehead atoms. The van der Waals surface area contributed by atoms with Crippen LogP contribution in [0.15, 0.2) is 48.5 Å². The molecule has 26 heavy (non-hydrogen) atoms. The minimum absolute atomic E-state index is 0.0413. The van der Waals surface area contributed by atoms with Crippen LogP contribution in [0.2, 0.25) is 5.02 Å². The fourth-order valence-corrected chi connectivity index (χ4v) is 3.93. The molecule has 4 rings (SSSR count). The Kier molecular flexibility index (Phi) is 4.79. The fourth-order valence-electron chi connectivity index (χ4n) is 3.80. The first-order chi connectivity index (χ1) is 12.6. The van der Waals surface area contributed by atoms with Crippen LogP contribution in [0, 0.1) is 5.92 Å². The number of carbonyl (C=O) groups excluding carboxylic acids is 1. The number of para-hydroxylation sites is 2. The second-order valence-corrected chi connectivity index (χ2v) is 7.46. The number of hydrogen-bond donors (Lipinski definition) is 0. The highest BCUT2D eigenvalue weighted by atomic mass is 35.5. The summed E-state index contributed by atoms with van der Waals surface area (Å²) in [5.74, 6) is 1.31. The van der Waals surface area contributed by atoms with Crippen LogP contribution in [-0.2, 0) is 13.6 Å². The minimum Gasteiger partial charge on any atom is -0.330 e. The molecular weight excluding hydrogens is 346 g/mol. The highest BCUT2D eigenvalue weighted by Crippen LogP contribution is 2.24. The van der Waals surface area contributed by atoms with Crippen molar-refractivity contribution < 1.29 is 4.79 Å². The van der Waals surface area contributed by atoms with E-state index in [1.165, 1.54) is 0 Å². The van der Waals surface area contributed by atoms with Crippen molar-refractivity contribution in [2.75, 3.05) is 13.1 Å². The number of Topliss-reactive ketones (excluding diaryl/α,β-unsaturated/α-hetero) is 1. The van der Waals surface area contributed by atoms with Crippen LogP contribution in [0.3, 0.4) is 0 Å². The van der Waals surface area contributed by atoms with Gasteiger partial charge in [0.2, 0.25) is 0 Å². The zero-order chi connectivity index (χ0) is 18.1. The average molecular weight is 368 g/mol. The first-order valence-electron chi connectivity index (χ1n) is 9.04. The van der Waals surface area contributed by atoms with Crippen LogP contribution >= 0.6 is 11.6 Å². The number of aromatic nitrogens is 2. The smallest absolute Gasteiger partial charge is 0.167 e. The Morgan fingerprint density at radius 1 is 1.19 bits per heavy atom. The minimum atomic E-state index is 0.0413. The molecule has 1 unspecified atom stereocenters. The van der Waals surface area contributed by atoms with Gasteiger partial charge in [-0.3, -0.25) is 9.69 Å². The first kappa shape index (κ1) is 17.3. The number of ketones is 1. The molecule has 2 heterocycles. The number of hydrogen-bond acceptors (Lipinski definition) is 3. The molecule has 1 aromatic heterocycles. The SMILES string of the molecule is Cn1c(CN2CCCC(C(=O)c3ccc(Cl)cc3)C2)nc2ccccc21. The number of carbonyl (C=O) groups is 1. The van der Waals surface area contributed by atoms with E-state index in [0.717, 1.165) is 54.9 Å². The molecule has 1 aliphatic rings. The highest BCUT2D eigenvalue weighted by molar-refractivity contribution is 6.30. The van der Waals surface area contributed by atoms with Crippen LogP contribution < -0.4 is 0 Å². The van der Waals surface area contributed by atoms with Crippen LogP contribution in [-0.4, -0.2) is 33.3 Å². The van der Waals surface area contributed by atoms with Crippen LogP contribution in [0.5, 0.6) is 0 Å². The Morgan fingerprint density at radius 3 is 2.73 bits per heavy atom. The maximum Gasteiger partial charge on any atom is 0.167 e. The third-order valence-electron chi connectivity index (χ3n) is 5.25. The number of halogens is 1. The van der Waals surface area contributed by atoms with Gasteiger partial charge in [0.05, 0.1) is 17.6 Å². The summed E-state index contributed by atoms with van der Waals surface area (Å²) < 4.78 is 2.15. The lowest BCUT2D eigenvalue weighted by molar-refractivity contribution is 0.0807. The number of likely N-dealkylation sites (tertiary alicyclic amines) is 1. The van der Waals surface area contributed by atoms with Crippen molar-refractivity contribution in [3.8, 4) is 0 Å². The van der Waals surface area contributed by atoms with E-state index < -0.39 is 0 Å². The number of fused-ring (bicyclic) bond motifs is 1. The summed E-state index contributed by atoms with van der Waals surface area (Å²) in [6.45, 7) is 2.56. The van der Waals surface area contributed by atoms with Gasteiger partial charge in [-0.25, -0.2) is 4.98 Å². The van der Waals surface area contributed by atoms with Gasteiger partial charge < -0.3 is 4.57 Å². The standard InChI is InChI=1S/C21H22ClN3O/c1-24-19-7-3-2-6-18(19)23-20(24)14-25-12-4-5-16(13-25)21(26)15-8-10-17(22)11-9-15/h2-3,6-11,16H,4-5,12-14H2,1H3. The Hall–Kier alpha value is -2.17. The molecule has 1 aliphatic heterocycles. The largest absolute Gasteiger partial charge is 0.330 e. The lowest BCUT2D eigenvalue weighted by Gasteiger charge is -2.31. The Morgan fingerprint density at radius 2 is 1.96 bits per heavy atom. The molecule has 1 fully saturated rings. The van der Waals surface area contributed by atoms with Crippen LogP contribution in [0.25, 0.3) is 11.0 Å². The van der Waals surface area contributed by atoms with Gasteiger partial charge in [0.15, 0.2) is 5.78 Å². The van der Waals surface area contributed by atoms with E-state index >= 15 is 0 Å². The van der Waals surface area contributed by atoms with E-state index in [1.54, 1.807) is 12.1 Å². The molecule has 0 spiro atoms. The van der Waals surface area contributed by atoms with E-state index in [1.807, 2.05) is 30.3 Å². The predicted molar refractivity (Wildman–Crippen MR) is 104 cm³/mol.